The van der Waals surface area contributed by atoms with E-state index >= 15 is 0 Å². The Balaban J connectivity index is 1.68. The summed E-state index contributed by atoms with van der Waals surface area (Å²) in [6.45, 7) is 1.01. The molecule has 0 bridgehead atoms. The van der Waals surface area contributed by atoms with Crippen LogP contribution in [0.1, 0.15) is 22.8 Å². The monoisotopic (exact) mass is 412 g/mol. The highest BCUT2D eigenvalue weighted by Gasteiger charge is 2.49. The molecule has 2 aromatic rings. The first kappa shape index (κ1) is 21.0. The summed E-state index contributed by atoms with van der Waals surface area (Å²) in [5.74, 6) is -1.82. The van der Waals surface area contributed by atoms with E-state index in [0.29, 0.717) is 16.8 Å². The van der Waals surface area contributed by atoms with Gasteiger partial charge in [0, 0.05) is 25.3 Å². The normalized spacial score (nSPS) is 18.2. The Kier molecular flexibility index (Phi) is 5.55. The molecule has 8 nitrogen and oxygen atoms in total. The van der Waals surface area contributed by atoms with Crippen molar-refractivity contribution < 1.29 is 23.6 Å². The van der Waals surface area contributed by atoms with Crippen LogP contribution in [0.2, 0.25) is 0 Å². The third-order valence-corrected chi connectivity index (χ3v) is 4.82. The first-order valence-corrected chi connectivity index (χ1v) is 9.13. The summed E-state index contributed by atoms with van der Waals surface area (Å²) in [7, 11) is 3.27. The molecule has 30 heavy (non-hydrogen) atoms. The Morgan fingerprint density at radius 1 is 1.07 bits per heavy atom. The van der Waals surface area contributed by atoms with E-state index < -0.39 is 35.7 Å². The van der Waals surface area contributed by atoms with Crippen molar-refractivity contribution in [3.63, 3.8) is 0 Å². The zero-order chi connectivity index (χ0) is 22.1. The van der Waals surface area contributed by atoms with Crippen LogP contribution in [0.15, 0.2) is 48.5 Å². The number of nitrogens with one attached hydrogen (secondary N) is 2. The molecule has 1 saturated heterocycles. The van der Waals surface area contributed by atoms with Crippen molar-refractivity contribution in [1.82, 2.24) is 15.1 Å². The van der Waals surface area contributed by atoms with Crippen molar-refractivity contribution in [3.8, 4) is 0 Å². The van der Waals surface area contributed by atoms with Crippen LogP contribution in [-0.4, -0.2) is 54.2 Å². The molecule has 1 heterocycles. The standard InChI is InChI=1S/C21H21FN4O4/c1-21(14-6-8-15(22)9-7-14)19(29)26(20(30)24-21)12-17(27)23-16-10-4-13(5-11-16)18(28)25(2)3/h4-11H,12H2,1-3H3,(H,23,27)(H,24,30)/t21-/m1/s1. The number of halogens is 1. The lowest BCUT2D eigenvalue weighted by atomic mass is 9.92. The van der Waals surface area contributed by atoms with Gasteiger partial charge in [0.25, 0.3) is 11.8 Å². The van der Waals surface area contributed by atoms with Gasteiger partial charge in [0.15, 0.2) is 0 Å². The molecule has 5 amide bonds. The van der Waals surface area contributed by atoms with E-state index in [9.17, 15) is 23.6 Å². The van der Waals surface area contributed by atoms with Crippen LogP contribution in [0.25, 0.3) is 0 Å². The minimum atomic E-state index is -1.39. The van der Waals surface area contributed by atoms with Crippen LogP contribution in [0.4, 0.5) is 14.9 Å². The van der Waals surface area contributed by atoms with Crippen LogP contribution in [0.5, 0.6) is 0 Å². The number of benzene rings is 2. The van der Waals surface area contributed by atoms with Gasteiger partial charge in [-0.3, -0.25) is 19.3 Å². The maximum atomic E-state index is 13.2. The summed E-state index contributed by atoms with van der Waals surface area (Å²) in [6, 6.07) is 10.7. The topological polar surface area (TPSA) is 98.8 Å². The summed E-state index contributed by atoms with van der Waals surface area (Å²) in [6.07, 6.45) is 0. The third-order valence-electron chi connectivity index (χ3n) is 4.82. The van der Waals surface area contributed by atoms with E-state index in [0.717, 1.165) is 4.90 Å². The quantitative estimate of drug-likeness (QED) is 0.733. The van der Waals surface area contributed by atoms with Crippen LogP contribution in [0, 0.1) is 5.82 Å². The number of carbonyl (C=O) groups excluding carboxylic acids is 4. The van der Waals surface area contributed by atoms with Gasteiger partial charge < -0.3 is 15.5 Å². The number of urea groups is 1. The Morgan fingerprint density at radius 2 is 1.67 bits per heavy atom. The van der Waals surface area contributed by atoms with Crippen molar-refractivity contribution in [2.24, 2.45) is 0 Å². The molecule has 0 unspecified atom stereocenters. The minimum absolute atomic E-state index is 0.174. The number of hydrogen-bond acceptors (Lipinski definition) is 4. The lowest BCUT2D eigenvalue weighted by molar-refractivity contribution is -0.133. The van der Waals surface area contributed by atoms with Crippen molar-refractivity contribution in [1.29, 1.82) is 0 Å². The molecule has 3 rings (SSSR count). The second-order valence-corrected chi connectivity index (χ2v) is 7.28. The van der Waals surface area contributed by atoms with Crippen molar-refractivity contribution >= 4 is 29.4 Å². The second kappa shape index (κ2) is 7.94. The maximum Gasteiger partial charge on any atom is 0.325 e. The average molecular weight is 412 g/mol. The van der Waals surface area contributed by atoms with E-state index in [2.05, 4.69) is 10.6 Å². The van der Waals surface area contributed by atoms with Crippen molar-refractivity contribution in [3.05, 3.63) is 65.5 Å². The van der Waals surface area contributed by atoms with Crippen LogP contribution < -0.4 is 10.6 Å². The lowest BCUT2D eigenvalue weighted by Gasteiger charge is -2.22. The number of nitrogens with zero attached hydrogens (tertiary/aromatic N) is 2. The molecule has 1 atom stereocenters. The Morgan fingerprint density at radius 3 is 2.23 bits per heavy atom. The van der Waals surface area contributed by atoms with Gasteiger partial charge in [-0.1, -0.05) is 12.1 Å². The van der Waals surface area contributed by atoms with E-state index in [4.69, 9.17) is 0 Å². The van der Waals surface area contributed by atoms with Crippen molar-refractivity contribution in [2.45, 2.75) is 12.5 Å². The summed E-state index contributed by atoms with van der Waals surface area (Å²) >= 11 is 0. The fraction of sp³-hybridized carbons (Fsp3) is 0.238. The number of imide groups is 1. The fourth-order valence-corrected chi connectivity index (χ4v) is 3.12. The number of rotatable bonds is 5. The molecule has 156 valence electrons. The molecule has 9 heteroatoms. The highest BCUT2D eigenvalue weighted by Crippen LogP contribution is 2.28. The van der Waals surface area contributed by atoms with Gasteiger partial charge in [-0.05, 0) is 48.9 Å². The number of hydrogen-bond donors (Lipinski definition) is 2. The van der Waals surface area contributed by atoms with E-state index in [1.54, 1.807) is 38.4 Å². The van der Waals surface area contributed by atoms with Crippen LogP contribution in [-0.2, 0) is 15.1 Å². The predicted octanol–water partition coefficient (Wildman–Crippen LogP) is 1.93. The van der Waals surface area contributed by atoms with Crippen molar-refractivity contribution in [2.75, 3.05) is 26.0 Å². The summed E-state index contributed by atoms with van der Waals surface area (Å²) < 4.78 is 13.2. The SMILES string of the molecule is CN(C)C(=O)c1ccc(NC(=O)CN2C(=O)N[C@](C)(c3ccc(F)cc3)C2=O)cc1. The fourth-order valence-electron chi connectivity index (χ4n) is 3.12. The first-order chi connectivity index (χ1) is 14.1. The maximum absolute atomic E-state index is 13.2. The summed E-state index contributed by atoms with van der Waals surface area (Å²) in [5, 5.41) is 5.15. The van der Waals surface area contributed by atoms with Gasteiger partial charge in [0.2, 0.25) is 5.91 Å². The molecule has 2 aromatic carbocycles. The molecular formula is C21H21FN4O4. The van der Waals surface area contributed by atoms with Crippen LogP contribution in [0.3, 0.4) is 0 Å². The molecule has 0 saturated carbocycles. The smallest absolute Gasteiger partial charge is 0.325 e. The van der Waals surface area contributed by atoms with Crippen LogP contribution >= 0.6 is 0 Å². The molecule has 2 N–H and O–H groups in total. The van der Waals surface area contributed by atoms with Gasteiger partial charge >= 0.3 is 6.03 Å². The summed E-state index contributed by atoms with van der Waals surface area (Å²) in [4.78, 5) is 51.6. The second-order valence-electron chi connectivity index (χ2n) is 7.28. The molecule has 1 fully saturated rings. The van der Waals surface area contributed by atoms with Gasteiger partial charge in [-0.25, -0.2) is 9.18 Å². The third kappa shape index (κ3) is 4.00. The molecule has 0 spiro atoms. The van der Waals surface area contributed by atoms with E-state index in [1.165, 1.54) is 36.1 Å². The highest BCUT2D eigenvalue weighted by molar-refractivity contribution is 6.10. The van der Waals surface area contributed by atoms with Gasteiger partial charge in [0.05, 0.1) is 0 Å². The zero-order valence-electron chi connectivity index (χ0n) is 16.7. The lowest BCUT2D eigenvalue weighted by Crippen LogP contribution is -2.42. The number of carbonyl (C=O) groups is 4. The van der Waals surface area contributed by atoms with E-state index in [1.807, 2.05) is 0 Å². The molecule has 1 aliphatic rings. The number of anilines is 1. The molecular weight excluding hydrogens is 391 g/mol. The molecule has 0 aliphatic carbocycles. The van der Waals surface area contributed by atoms with Gasteiger partial charge in [-0.15, -0.1) is 0 Å². The largest absolute Gasteiger partial charge is 0.345 e. The summed E-state index contributed by atoms with van der Waals surface area (Å²) in [5.41, 5.74) is -0.101. The molecule has 0 aromatic heterocycles. The van der Waals surface area contributed by atoms with Gasteiger partial charge in [-0.2, -0.15) is 0 Å². The Bertz CT molecular complexity index is 1000. The minimum Gasteiger partial charge on any atom is -0.345 e. The van der Waals surface area contributed by atoms with Gasteiger partial charge in [0.1, 0.15) is 17.9 Å². The Labute approximate surface area is 172 Å². The zero-order valence-corrected chi connectivity index (χ0v) is 16.7. The Hall–Kier alpha value is -3.75. The van der Waals surface area contributed by atoms with E-state index in [-0.39, 0.29) is 5.91 Å². The molecule has 0 radical (unpaired) electrons. The number of amides is 5. The molecule has 1 aliphatic heterocycles. The highest BCUT2D eigenvalue weighted by atomic mass is 19.1. The predicted molar refractivity (Wildman–Crippen MR) is 107 cm³/mol. The average Bonchev–Trinajstić information content (AvgIpc) is 2.92. The first-order valence-electron chi connectivity index (χ1n) is 9.13.